The van der Waals surface area contributed by atoms with Crippen LogP contribution >= 0.6 is 11.3 Å². The monoisotopic (exact) mass is 583 g/mol. The van der Waals surface area contributed by atoms with Gasteiger partial charge in [-0.1, -0.05) is 90.2 Å². The number of rotatable bonds is 4. The maximum Gasteiger partial charge on any atom is 0.271 e. The molecule has 3 heterocycles. The van der Waals surface area contributed by atoms with Crippen LogP contribution in [-0.4, -0.2) is 16.7 Å². The number of fused-ring (bicyclic) bond motifs is 4. The molecule has 0 radical (unpaired) electrons. The van der Waals surface area contributed by atoms with E-state index >= 15 is 0 Å². The molecule has 0 fully saturated rings. The molecule has 4 aromatic carbocycles. The van der Waals surface area contributed by atoms with Crippen LogP contribution in [-0.2, 0) is 6.42 Å². The molecule has 1 atom stereocenters. The van der Waals surface area contributed by atoms with Gasteiger partial charge in [0, 0.05) is 16.5 Å². The van der Waals surface area contributed by atoms with E-state index in [0.717, 1.165) is 68.7 Å². The number of allylic oxidation sites excluding steroid dienone is 1. The minimum absolute atomic E-state index is 0.111. The van der Waals surface area contributed by atoms with Crippen molar-refractivity contribution in [2.24, 2.45) is 4.99 Å². The second-order valence-electron chi connectivity index (χ2n) is 10.8. The lowest BCUT2D eigenvalue weighted by Gasteiger charge is -2.30. The van der Waals surface area contributed by atoms with Crippen molar-refractivity contribution < 1.29 is 9.13 Å². The summed E-state index contributed by atoms with van der Waals surface area (Å²) >= 11 is 1.39. The summed E-state index contributed by atoms with van der Waals surface area (Å²) in [4.78, 5) is 23.7. The Kier molecular flexibility index (Phi) is 6.01. The number of nitrogens with one attached hydrogen (secondary N) is 1. The molecule has 0 saturated carbocycles. The van der Waals surface area contributed by atoms with Crippen LogP contribution in [0.5, 0.6) is 5.75 Å². The van der Waals surface area contributed by atoms with E-state index in [2.05, 4.69) is 35.3 Å². The fourth-order valence-corrected chi connectivity index (χ4v) is 7.45. The number of aromatic nitrogens is 2. The van der Waals surface area contributed by atoms with Crippen LogP contribution in [0.15, 0.2) is 112 Å². The lowest BCUT2D eigenvalue weighted by molar-refractivity contribution is 0.419. The van der Waals surface area contributed by atoms with E-state index in [0.29, 0.717) is 9.33 Å². The van der Waals surface area contributed by atoms with Gasteiger partial charge < -0.3 is 9.72 Å². The van der Waals surface area contributed by atoms with Gasteiger partial charge in [-0.05, 0) is 59.4 Å². The quantitative estimate of drug-likeness (QED) is 0.254. The van der Waals surface area contributed by atoms with E-state index in [9.17, 15) is 9.18 Å². The number of para-hydroxylation sites is 1. The van der Waals surface area contributed by atoms with Crippen LogP contribution in [0, 0.1) is 5.82 Å². The number of hydrogen-bond acceptors (Lipinski definition) is 4. The summed E-state index contributed by atoms with van der Waals surface area (Å²) in [7, 11) is 1.66. The van der Waals surface area contributed by atoms with Gasteiger partial charge in [-0.15, -0.1) is 0 Å². The zero-order valence-electron chi connectivity index (χ0n) is 23.3. The van der Waals surface area contributed by atoms with Crippen molar-refractivity contribution in [3.8, 4) is 17.0 Å². The van der Waals surface area contributed by atoms with Gasteiger partial charge in [0.15, 0.2) is 4.80 Å². The zero-order chi connectivity index (χ0) is 29.1. The number of ether oxygens (including phenoxy) is 1. The van der Waals surface area contributed by atoms with E-state index in [1.807, 2.05) is 48.5 Å². The van der Waals surface area contributed by atoms with Crippen LogP contribution in [0.2, 0.25) is 0 Å². The van der Waals surface area contributed by atoms with Crippen LogP contribution in [0.25, 0.3) is 33.9 Å². The Hall–Kier alpha value is -5.01. The van der Waals surface area contributed by atoms with Crippen molar-refractivity contribution in [1.29, 1.82) is 0 Å². The predicted molar refractivity (Wildman–Crippen MR) is 169 cm³/mol. The first kappa shape index (κ1) is 25.7. The van der Waals surface area contributed by atoms with E-state index in [1.165, 1.54) is 29.0 Å². The number of benzene rings is 4. The molecule has 210 valence electrons. The van der Waals surface area contributed by atoms with Gasteiger partial charge in [0.2, 0.25) is 0 Å². The minimum Gasteiger partial charge on any atom is -0.495 e. The van der Waals surface area contributed by atoms with E-state index in [1.54, 1.807) is 23.8 Å². The van der Waals surface area contributed by atoms with Crippen molar-refractivity contribution in [2.75, 3.05) is 7.11 Å². The summed E-state index contributed by atoms with van der Waals surface area (Å²) < 4.78 is 22.1. The third-order valence-corrected chi connectivity index (χ3v) is 9.44. The Bertz CT molecular complexity index is 2260. The highest BCUT2D eigenvalue weighted by atomic mass is 32.1. The van der Waals surface area contributed by atoms with E-state index < -0.39 is 0 Å². The third-order valence-electron chi connectivity index (χ3n) is 8.45. The Morgan fingerprint density at radius 1 is 0.953 bits per heavy atom. The number of thiazole rings is 1. The van der Waals surface area contributed by atoms with E-state index in [4.69, 9.17) is 9.73 Å². The first-order valence-electron chi connectivity index (χ1n) is 14.2. The summed E-state index contributed by atoms with van der Waals surface area (Å²) in [6.45, 7) is 0. The molecular formula is C36H26FN3O2S. The third kappa shape index (κ3) is 4.11. The Labute approximate surface area is 250 Å². The van der Waals surface area contributed by atoms with Crippen LogP contribution in [0.4, 0.5) is 4.39 Å². The van der Waals surface area contributed by atoms with Crippen molar-refractivity contribution >= 4 is 34.0 Å². The van der Waals surface area contributed by atoms with Crippen molar-refractivity contribution in [2.45, 2.75) is 18.9 Å². The average Bonchev–Trinajstić information content (AvgIpc) is 3.58. The zero-order valence-corrected chi connectivity index (χ0v) is 24.1. The van der Waals surface area contributed by atoms with Crippen molar-refractivity contribution in [1.82, 2.24) is 9.55 Å². The van der Waals surface area contributed by atoms with Gasteiger partial charge in [-0.25, -0.2) is 9.38 Å². The molecule has 8 rings (SSSR count). The first-order chi connectivity index (χ1) is 21.1. The maximum absolute atomic E-state index is 14.4. The normalized spacial score (nSPS) is 16.0. The van der Waals surface area contributed by atoms with Crippen LogP contribution < -0.4 is 19.6 Å². The SMILES string of the molecule is COc1cccc2c(/C=c3/sc4n(c3=O)[C@H](c3ccc(F)cc3)C3=C(N=4)c4ccccc4CC3)c(-c3ccccc3)[nH]c12. The second kappa shape index (κ2) is 10.1. The molecule has 43 heavy (non-hydrogen) atoms. The van der Waals surface area contributed by atoms with Gasteiger partial charge in [0.05, 0.1) is 34.6 Å². The number of halogens is 1. The fourth-order valence-electron chi connectivity index (χ4n) is 6.46. The standard InChI is InChI=1S/C36H26FN3O2S/c1-42-29-13-7-12-26-28(31(38-33(26)29)22-9-3-2-4-10-22)20-30-35(41)40-34(23-14-17-24(37)18-15-23)27-19-16-21-8-5-6-11-25(21)32(27)39-36(40)43-30/h2-15,17-18,20,34,38H,16,19H2,1H3/b30-20+/t34-/m1/s1. The average molecular weight is 584 g/mol. The molecule has 0 spiro atoms. The molecule has 2 aromatic heterocycles. The molecule has 0 saturated heterocycles. The predicted octanol–water partition coefficient (Wildman–Crippen LogP) is 6.61. The van der Waals surface area contributed by atoms with Gasteiger partial charge in [0.1, 0.15) is 11.6 Å². The summed E-state index contributed by atoms with van der Waals surface area (Å²) in [6.07, 6.45) is 3.62. The van der Waals surface area contributed by atoms with Crippen molar-refractivity contribution in [3.05, 3.63) is 150 Å². The van der Waals surface area contributed by atoms with E-state index in [-0.39, 0.29) is 17.4 Å². The number of methoxy groups -OCH3 is 1. The molecule has 2 aliphatic rings. The highest BCUT2D eigenvalue weighted by molar-refractivity contribution is 7.07. The number of H-pyrrole nitrogens is 1. The van der Waals surface area contributed by atoms with Crippen LogP contribution in [0.3, 0.4) is 0 Å². The molecule has 0 amide bonds. The molecule has 1 aliphatic carbocycles. The number of hydrogen-bond donors (Lipinski definition) is 1. The topological polar surface area (TPSA) is 59.4 Å². The summed E-state index contributed by atoms with van der Waals surface area (Å²) in [5.74, 6) is 0.431. The summed E-state index contributed by atoms with van der Waals surface area (Å²) in [5.41, 5.74) is 8.84. The highest BCUT2D eigenvalue weighted by Crippen LogP contribution is 2.41. The van der Waals surface area contributed by atoms with Gasteiger partial charge >= 0.3 is 0 Å². The molecule has 7 heteroatoms. The van der Waals surface area contributed by atoms with Gasteiger partial charge in [-0.2, -0.15) is 0 Å². The Morgan fingerprint density at radius 2 is 1.74 bits per heavy atom. The molecule has 0 unspecified atom stereocenters. The summed E-state index contributed by atoms with van der Waals surface area (Å²) in [5, 5.41) is 0.965. The van der Waals surface area contributed by atoms with Gasteiger partial charge in [-0.3, -0.25) is 9.36 Å². The molecule has 5 nitrogen and oxygen atoms in total. The highest BCUT2D eigenvalue weighted by Gasteiger charge is 2.32. The lowest BCUT2D eigenvalue weighted by atomic mass is 9.83. The largest absolute Gasteiger partial charge is 0.495 e. The van der Waals surface area contributed by atoms with Gasteiger partial charge in [0.25, 0.3) is 5.56 Å². The molecule has 1 aliphatic heterocycles. The molecule has 6 aromatic rings. The molecule has 0 bridgehead atoms. The number of nitrogens with zero attached hydrogens (tertiary/aromatic N) is 2. The smallest absolute Gasteiger partial charge is 0.271 e. The first-order valence-corrected chi connectivity index (χ1v) is 15.0. The summed E-state index contributed by atoms with van der Waals surface area (Å²) in [6, 6.07) is 30.5. The second-order valence-corrected chi connectivity index (χ2v) is 11.8. The van der Waals surface area contributed by atoms with Crippen LogP contribution in [0.1, 0.15) is 34.7 Å². The Balaban J connectivity index is 1.41. The number of aromatic amines is 1. The molecule has 1 N–H and O–H groups in total. The van der Waals surface area contributed by atoms with Crippen molar-refractivity contribution in [3.63, 3.8) is 0 Å². The fraction of sp³-hybridized carbons (Fsp3) is 0.111. The lowest BCUT2D eigenvalue weighted by Crippen LogP contribution is -2.38. The Morgan fingerprint density at radius 3 is 2.56 bits per heavy atom. The number of aryl methyl sites for hydroxylation is 1. The minimum atomic E-state index is -0.362. The molecular weight excluding hydrogens is 557 g/mol. The maximum atomic E-state index is 14.4.